The first-order valence-corrected chi connectivity index (χ1v) is 8.40. The molecule has 0 unspecified atom stereocenters. The number of benzene rings is 1. The summed E-state index contributed by atoms with van der Waals surface area (Å²) in [6, 6.07) is 11.9. The van der Waals surface area contributed by atoms with Gasteiger partial charge in [0.25, 0.3) is 0 Å². The molecule has 1 aromatic heterocycles. The van der Waals surface area contributed by atoms with Gasteiger partial charge in [-0.2, -0.15) is 0 Å². The van der Waals surface area contributed by atoms with E-state index in [1.54, 1.807) is 41.3 Å². The molecule has 1 saturated heterocycles. The number of hydrogen-bond donors (Lipinski definition) is 2. The Morgan fingerprint density at radius 2 is 2.00 bits per heavy atom. The monoisotopic (exact) mass is 356 g/mol. The van der Waals surface area contributed by atoms with Crippen molar-refractivity contribution >= 4 is 17.8 Å². The maximum atomic E-state index is 12.6. The van der Waals surface area contributed by atoms with Crippen molar-refractivity contribution < 1.29 is 23.9 Å². The molecule has 136 valence electrons. The molecule has 0 aliphatic carbocycles. The van der Waals surface area contributed by atoms with Gasteiger partial charge in [0.15, 0.2) is 0 Å². The van der Waals surface area contributed by atoms with Crippen molar-refractivity contribution in [3.63, 3.8) is 0 Å². The summed E-state index contributed by atoms with van der Waals surface area (Å²) in [7, 11) is 0. The molecule has 2 aromatic rings. The summed E-state index contributed by atoms with van der Waals surface area (Å²) < 4.78 is 5.25. The molecule has 1 aromatic carbocycles. The highest BCUT2D eigenvalue weighted by atomic mass is 16.4. The standard InChI is InChI=1S/C19H20N2O5/c22-17-9-14(11-21(17)12-15-7-4-8-26-15)19(25)20-16(10-18(23)24)13-5-2-1-3-6-13/h1-8,14,16H,9-12H2,(H,20,25)(H,23,24)/t14-,16-/m0/s1. The van der Waals surface area contributed by atoms with Crippen LogP contribution < -0.4 is 5.32 Å². The number of carboxylic acids is 1. The van der Waals surface area contributed by atoms with Gasteiger partial charge in [-0.3, -0.25) is 14.4 Å². The molecule has 1 aliphatic heterocycles. The fourth-order valence-corrected chi connectivity index (χ4v) is 3.09. The molecule has 26 heavy (non-hydrogen) atoms. The van der Waals surface area contributed by atoms with E-state index in [2.05, 4.69) is 5.32 Å². The zero-order valence-electron chi connectivity index (χ0n) is 14.1. The van der Waals surface area contributed by atoms with Gasteiger partial charge in [0.1, 0.15) is 5.76 Å². The number of nitrogens with one attached hydrogen (secondary N) is 1. The average molecular weight is 356 g/mol. The predicted molar refractivity (Wildman–Crippen MR) is 91.8 cm³/mol. The number of carboxylic acid groups (broad SMARTS) is 1. The molecule has 7 heteroatoms. The highest BCUT2D eigenvalue weighted by molar-refractivity contribution is 5.89. The van der Waals surface area contributed by atoms with Crippen molar-refractivity contribution in [3.8, 4) is 0 Å². The number of amides is 2. The van der Waals surface area contributed by atoms with Crippen molar-refractivity contribution in [2.45, 2.75) is 25.4 Å². The number of rotatable bonds is 7. The molecular weight excluding hydrogens is 336 g/mol. The SMILES string of the molecule is O=C(O)C[C@H](NC(=O)[C@H]1CC(=O)N(Cc2ccco2)C1)c1ccccc1. The zero-order chi connectivity index (χ0) is 18.5. The molecule has 2 amide bonds. The van der Waals surface area contributed by atoms with Crippen LogP contribution in [0.5, 0.6) is 0 Å². The Kier molecular flexibility index (Phi) is 5.36. The number of hydrogen-bond acceptors (Lipinski definition) is 4. The average Bonchev–Trinajstić information content (AvgIpc) is 3.25. The van der Waals surface area contributed by atoms with E-state index in [9.17, 15) is 14.4 Å². The lowest BCUT2D eigenvalue weighted by Gasteiger charge is -2.20. The quantitative estimate of drug-likeness (QED) is 0.790. The van der Waals surface area contributed by atoms with Crippen LogP contribution in [0, 0.1) is 5.92 Å². The van der Waals surface area contributed by atoms with Gasteiger partial charge in [-0.25, -0.2) is 0 Å². The summed E-state index contributed by atoms with van der Waals surface area (Å²) in [4.78, 5) is 37.5. The molecular formula is C19H20N2O5. The molecule has 0 saturated carbocycles. The maximum Gasteiger partial charge on any atom is 0.305 e. The van der Waals surface area contributed by atoms with Crippen LogP contribution in [0.3, 0.4) is 0 Å². The van der Waals surface area contributed by atoms with Crippen molar-refractivity contribution in [3.05, 3.63) is 60.1 Å². The molecule has 0 bridgehead atoms. The second-order valence-electron chi connectivity index (χ2n) is 6.32. The van der Waals surface area contributed by atoms with Crippen LogP contribution in [0.1, 0.15) is 30.2 Å². The van der Waals surface area contributed by atoms with Gasteiger partial charge in [0, 0.05) is 13.0 Å². The van der Waals surface area contributed by atoms with E-state index in [1.165, 1.54) is 6.26 Å². The summed E-state index contributed by atoms with van der Waals surface area (Å²) >= 11 is 0. The summed E-state index contributed by atoms with van der Waals surface area (Å²) in [5.74, 6) is -1.27. The van der Waals surface area contributed by atoms with E-state index < -0.39 is 17.9 Å². The fourth-order valence-electron chi connectivity index (χ4n) is 3.09. The third kappa shape index (κ3) is 4.30. The van der Waals surface area contributed by atoms with Gasteiger partial charge in [-0.05, 0) is 17.7 Å². The van der Waals surface area contributed by atoms with Gasteiger partial charge >= 0.3 is 5.97 Å². The largest absolute Gasteiger partial charge is 0.481 e. The number of carbonyl (C=O) groups is 3. The summed E-state index contributed by atoms with van der Waals surface area (Å²) in [6.07, 6.45) is 1.43. The first kappa shape index (κ1) is 17.7. The summed E-state index contributed by atoms with van der Waals surface area (Å²) in [5, 5.41) is 11.9. The Morgan fingerprint density at radius 1 is 1.23 bits per heavy atom. The fraction of sp³-hybridized carbons (Fsp3) is 0.316. The van der Waals surface area contributed by atoms with Crippen LogP contribution in [0.15, 0.2) is 53.1 Å². The van der Waals surface area contributed by atoms with Crippen LogP contribution in [0.2, 0.25) is 0 Å². The third-order valence-electron chi connectivity index (χ3n) is 4.41. The molecule has 1 aliphatic rings. The first-order valence-electron chi connectivity index (χ1n) is 8.40. The van der Waals surface area contributed by atoms with Gasteiger partial charge < -0.3 is 19.7 Å². The van der Waals surface area contributed by atoms with Crippen LogP contribution in [0.4, 0.5) is 0 Å². The Bertz CT molecular complexity index is 772. The topological polar surface area (TPSA) is 99.8 Å². The van der Waals surface area contributed by atoms with E-state index in [-0.39, 0.29) is 24.7 Å². The lowest BCUT2D eigenvalue weighted by Crippen LogP contribution is -2.36. The van der Waals surface area contributed by atoms with E-state index >= 15 is 0 Å². The smallest absolute Gasteiger partial charge is 0.305 e. The lowest BCUT2D eigenvalue weighted by atomic mass is 10.0. The minimum Gasteiger partial charge on any atom is -0.481 e. The van der Waals surface area contributed by atoms with Gasteiger partial charge in [-0.1, -0.05) is 30.3 Å². The Labute approximate surface area is 150 Å². The van der Waals surface area contributed by atoms with E-state index in [1.807, 2.05) is 6.07 Å². The third-order valence-corrected chi connectivity index (χ3v) is 4.41. The maximum absolute atomic E-state index is 12.6. The van der Waals surface area contributed by atoms with E-state index in [4.69, 9.17) is 9.52 Å². The van der Waals surface area contributed by atoms with Gasteiger partial charge in [0.05, 0.1) is 31.2 Å². The molecule has 3 rings (SSSR count). The molecule has 2 atom stereocenters. The van der Waals surface area contributed by atoms with Crippen molar-refractivity contribution in [2.75, 3.05) is 6.54 Å². The Morgan fingerprint density at radius 3 is 2.65 bits per heavy atom. The highest BCUT2D eigenvalue weighted by Crippen LogP contribution is 2.23. The van der Waals surface area contributed by atoms with Crippen molar-refractivity contribution in [1.82, 2.24) is 10.2 Å². The van der Waals surface area contributed by atoms with Crippen molar-refractivity contribution in [2.24, 2.45) is 5.92 Å². The molecule has 0 radical (unpaired) electrons. The van der Waals surface area contributed by atoms with E-state index in [0.29, 0.717) is 18.8 Å². The highest BCUT2D eigenvalue weighted by Gasteiger charge is 2.35. The molecule has 2 heterocycles. The molecule has 2 N–H and O–H groups in total. The number of likely N-dealkylation sites (tertiary alicyclic amines) is 1. The second-order valence-corrected chi connectivity index (χ2v) is 6.32. The zero-order valence-corrected chi connectivity index (χ0v) is 14.1. The first-order chi connectivity index (χ1) is 12.5. The number of furan rings is 1. The second kappa shape index (κ2) is 7.86. The number of aliphatic carboxylic acids is 1. The summed E-state index contributed by atoms with van der Waals surface area (Å²) in [5.41, 5.74) is 0.722. The minimum atomic E-state index is -0.999. The van der Waals surface area contributed by atoms with Gasteiger partial charge in [-0.15, -0.1) is 0 Å². The number of carbonyl (C=O) groups excluding carboxylic acids is 2. The van der Waals surface area contributed by atoms with Crippen LogP contribution in [-0.4, -0.2) is 34.3 Å². The molecule has 1 fully saturated rings. The van der Waals surface area contributed by atoms with Crippen LogP contribution in [-0.2, 0) is 20.9 Å². The van der Waals surface area contributed by atoms with Crippen LogP contribution in [0.25, 0.3) is 0 Å². The summed E-state index contributed by atoms with van der Waals surface area (Å²) in [6.45, 7) is 0.618. The Balaban J connectivity index is 1.64. The Hall–Kier alpha value is -3.09. The van der Waals surface area contributed by atoms with E-state index in [0.717, 1.165) is 5.56 Å². The normalized spacial score (nSPS) is 17.9. The predicted octanol–water partition coefficient (Wildman–Crippen LogP) is 1.96. The van der Waals surface area contributed by atoms with Gasteiger partial charge in [0.2, 0.25) is 11.8 Å². The number of nitrogens with zero attached hydrogens (tertiary/aromatic N) is 1. The van der Waals surface area contributed by atoms with Crippen molar-refractivity contribution in [1.29, 1.82) is 0 Å². The minimum absolute atomic E-state index is 0.112. The van der Waals surface area contributed by atoms with Crippen LogP contribution >= 0.6 is 0 Å². The molecule has 0 spiro atoms. The molecule has 7 nitrogen and oxygen atoms in total. The lowest BCUT2D eigenvalue weighted by molar-refractivity contribution is -0.138.